The van der Waals surface area contributed by atoms with E-state index in [-0.39, 0.29) is 16.8 Å². The number of hydrogen-bond acceptors (Lipinski definition) is 4. The number of benzene rings is 2. The number of carbonyl (C=O) groups excluding carboxylic acids is 2. The Labute approximate surface area is 179 Å². The molecule has 4 rings (SSSR count). The van der Waals surface area contributed by atoms with Crippen LogP contribution in [0.25, 0.3) is 5.76 Å². The van der Waals surface area contributed by atoms with Gasteiger partial charge in [0, 0.05) is 29.2 Å². The van der Waals surface area contributed by atoms with Gasteiger partial charge in [0.15, 0.2) is 0 Å². The second-order valence-corrected chi connectivity index (χ2v) is 6.97. The highest BCUT2D eigenvalue weighted by Crippen LogP contribution is 2.43. The third-order valence-corrected chi connectivity index (χ3v) is 5.05. The van der Waals surface area contributed by atoms with Gasteiger partial charge in [-0.3, -0.25) is 19.5 Å². The van der Waals surface area contributed by atoms with Crippen LogP contribution in [0.3, 0.4) is 0 Å². The monoisotopic (exact) mass is 442 g/mol. The molecule has 0 saturated carbocycles. The van der Waals surface area contributed by atoms with Crippen molar-refractivity contribution in [3.05, 3.63) is 101 Å². The quantitative estimate of drug-likeness (QED) is 0.272. The summed E-state index contributed by atoms with van der Waals surface area (Å²) in [7, 11) is 0. The van der Waals surface area contributed by atoms with E-state index in [0.29, 0.717) is 6.07 Å². The molecule has 1 atom stereocenters. The van der Waals surface area contributed by atoms with E-state index in [1.54, 1.807) is 0 Å². The van der Waals surface area contributed by atoms with Crippen molar-refractivity contribution < 1.29 is 32.3 Å². The van der Waals surface area contributed by atoms with Crippen molar-refractivity contribution in [1.82, 2.24) is 4.98 Å². The third kappa shape index (κ3) is 3.62. The van der Waals surface area contributed by atoms with Gasteiger partial charge in [-0.2, -0.15) is 13.2 Å². The van der Waals surface area contributed by atoms with Crippen molar-refractivity contribution in [2.75, 3.05) is 4.90 Å². The van der Waals surface area contributed by atoms with E-state index >= 15 is 0 Å². The number of aliphatic hydroxyl groups is 1. The number of aromatic nitrogens is 1. The number of halogens is 4. The Morgan fingerprint density at radius 2 is 1.66 bits per heavy atom. The van der Waals surface area contributed by atoms with Crippen molar-refractivity contribution in [1.29, 1.82) is 0 Å². The minimum Gasteiger partial charge on any atom is -0.507 e. The highest BCUT2D eigenvalue weighted by Gasteiger charge is 2.48. The standard InChI is InChI=1S/C23H14F4N2O3/c24-17-7-2-1-6-16(17)19-18(20(30)13-8-10-28-11-9-13)21(31)22(32)29(19)15-5-3-4-14(12-15)23(25,26)27/h1-12,19,30H/b20-18+. The summed E-state index contributed by atoms with van der Waals surface area (Å²) in [6.07, 6.45) is -2.01. The number of ketones is 1. The predicted octanol–water partition coefficient (Wildman–Crippen LogP) is 4.87. The zero-order chi connectivity index (χ0) is 23.0. The number of alkyl halides is 3. The van der Waals surface area contributed by atoms with E-state index in [2.05, 4.69) is 4.98 Å². The molecular formula is C23H14F4N2O3. The minimum atomic E-state index is -4.70. The van der Waals surface area contributed by atoms with Gasteiger partial charge in [-0.15, -0.1) is 0 Å². The molecule has 9 heteroatoms. The van der Waals surface area contributed by atoms with Crippen LogP contribution >= 0.6 is 0 Å². The zero-order valence-electron chi connectivity index (χ0n) is 16.2. The predicted molar refractivity (Wildman–Crippen MR) is 107 cm³/mol. The van der Waals surface area contributed by atoms with E-state index in [1.165, 1.54) is 48.8 Å². The molecule has 5 nitrogen and oxygen atoms in total. The van der Waals surface area contributed by atoms with Crippen LogP contribution in [0, 0.1) is 5.82 Å². The zero-order valence-corrected chi connectivity index (χ0v) is 16.2. The number of aliphatic hydroxyl groups excluding tert-OH is 1. The highest BCUT2D eigenvalue weighted by atomic mass is 19.4. The summed E-state index contributed by atoms with van der Waals surface area (Å²) >= 11 is 0. The molecule has 2 heterocycles. The van der Waals surface area contributed by atoms with E-state index in [4.69, 9.17) is 0 Å². The summed E-state index contributed by atoms with van der Waals surface area (Å²) in [5.74, 6) is -3.72. The van der Waals surface area contributed by atoms with Gasteiger partial charge in [0.2, 0.25) is 0 Å². The van der Waals surface area contributed by atoms with Crippen molar-refractivity contribution in [3.8, 4) is 0 Å². The fraction of sp³-hybridized carbons (Fsp3) is 0.0870. The first-order valence-electron chi connectivity index (χ1n) is 9.33. The maximum atomic E-state index is 14.7. The molecule has 2 aromatic carbocycles. The van der Waals surface area contributed by atoms with Crippen LogP contribution in [-0.2, 0) is 15.8 Å². The Morgan fingerprint density at radius 1 is 0.969 bits per heavy atom. The number of nitrogens with zero attached hydrogens (tertiary/aromatic N) is 2. The summed E-state index contributed by atoms with van der Waals surface area (Å²) in [5.41, 5.74) is -1.76. The molecule has 1 fully saturated rings. The van der Waals surface area contributed by atoms with Crippen molar-refractivity contribution in [2.24, 2.45) is 0 Å². The molecule has 1 aliphatic rings. The number of amides is 1. The molecule has 0 aliphatic carbocycles. The van der Waals surface area contributed by atoms with Gasteiger partial charge in [-0.25, -0.2) is 4.39 Å². The number of rotatable bonds is 3. The van der Waals surface area contributed by atoms with E-state index in [9.17, 15) is 32.3 Å². The molecule has 1 unspecified atom stereocenters. The lowest BCUT2D eigenvalue weighted by Crippen LogP contribution is -2.30. The van der Waals surface area contributed by atoms with Crippen LogP contribution in [0.2, 0.25) is 0 Å². The molecule has 0 radical (unpaired) electrons. The average Bonchev–Trinajstić information content (AvgIpc) is 3.04. The fourth-order valence-corrected chi connectivity index (χ4v) is 3.59. The molecule has 0 spiro atoms. The first-order chi connectivity index (χ1) is 15.2. The van der Waals surface area contributed by atoms with E-state index in [0.717, 1.165) is 23.1 Å². The molecule has 162 valence electrons. The van der Waals surface area contributed by atoms with Crippen LogP contribution in [0.15, 0.2) is 78.6 Å². The first kappa shape index (κ1) is 21.2. The molecular weight excluding hydrogens is 428 g/mol. The molecule has 32 heavy (non-hydrogen) atoms. The first-order valence-corrected chi connectivity index (χ1v) is 9.33. The van der Waals surface area contributed by atoms with Crippen LogP contribution in [0.5, 0.6) is 0 Å². The highest BCUT2D eigenvalue weighted by molar-refractivity contribution is 6.51. The largest absolute Gasteiger partial charge is 0.507 e. The minimum absolute atomic E-state index is 0.142. The second kappa shape index (κ2) is 7.92. The Balaban J connectivity index is 1.97. The molecule has 1 aliphatic heterocycles. The average molecular weight is 442 g/mol. The van der Waals surface area contributed by atoms with Gasteiger partial charge in [0.05, 0.1) is 17.2 Å². The number of Topliss-reactive ketones (excluding diaryl/α,β-unsaturated/α-hetero) is 1. The SMILES string of the molecule is O=C1C(=O)N(c2cccc(C(F)(F)F)c2)C(c2ccccc2F)/C1=C(\O)c1ccncc1. The summed E-state index contributed by atoms with van der Waals surface area (Å²) in [4.78, 5) is 30.4. The van der Waals surface area contributed by atoms with Gasteiger partial charge in [0.1, 0.15) is 11.6 Å². The summed E-state index contributed by atoms with van der Waals surface area (Å²) in [6.45, 7) is 0. The fourth-order valence-electron chi connectivity index (χ4n) is 3.59. The third-order valence-electron chi connectivity index (χ3n) is 5.05. The maximum Gasteiger partial charge on any atom is 0.416 e. The second-order valence-electron chi connectivity index (χ2n) is 6.97. The molecule has 1 aromatic heterocycles. The van der Waals surface area contributed by atoms with Gasteiger partial charge in [-0.05, 0) is 36.4 Å². The summed E-state index contributed by atoms with van der Waals surface area (Å²) in [5, 5.41) is 10.8. The van der Waals surface area contributed by atoms with Gasteiger partial charge < -0.3 is 5.11 Å². The lowest BCUT2D eigenvalue weighted by atomic mass is 9.95. The molecule has 3 aromatic rings. The Kier molecular flexibility index (Phi) is 5.25. The molecule has 1 amide bonds. The smallest absolute Gasteiger partial charge is 0.416 e. The Hall–Kier alpha value is -4.01. The van der Waals surface area contributed by atoms with E-state index in [1.807, 2.05) is 0 Å². The number of hydrogen-bond donors (Lipinski definition) is 1. The van der Waals surface area contributed by atoms with Crippen LogP contribution < -0.4 is 4.90 Å². The number of anilines is 1. The normalized spacial score (nSPS) is 18.2. The van der Waals surface area contributed by atoms with Crippen LogP contribution in [0.1, 0.15) is 22.7 Å². The van der Waals surface area contributed by atoms with E-state index < -0.39 is 46.6 Å². The van der Waals surface area contributed by atoms with Crippen molar-refractivity contribution in [3.63, 3.8) is 0 Å². The van der Waals surface area contributed by atoms with Crippen LogP contribution in [-0.4, -0.2) is 21.8 Å². The van der Waals surface area contributed by atoms with Gasteiger partial charge in [-0.1, -0.05) is 24.3 Å². The van der Waals surface area contributed by atoms with Gasteiger partial charge in [0.25, 0.3) is 11.7 Å². The topological polar surface area (TPSA) is 70.5 Å². The number of carbonyl (C=O) groups is 2. The number of pyridine rings is 1. The van der Waals surface area contributed by atoms with Gasteiger partial charge >= 0.3 is 6.18 Å². The van der Waals surface area contributed by atoms with Crippen molar-refractivity contribution >= 4 is 23.1 Å². The molecule has 1 saturated heterocycles. The molecule has 0 bridgehead atoms. The van der Waals surface area contributed by atoms with Crippen LogP contribution in [0.4, 0.5) is 23.2 Å². The maximum absolute atomic E-state index is 14.7. The molecule has 1 N–H and O–H groups in total. The Morgan fingerprint density at radius 3 is 2.31 bits per heavy atom. The lowest BCUT2D eigenvalue weighted by molar-refractivity contribution is -0.137. The van der Waals surface area contributed by atoms with Crippen molar-refractivity contribution in [2.45, 2.75) is 12.2 Å². The Bertz CT molecular complexity index is 1240. The summed E-state index contributed by atoms with van der Waals surface area (Å²) in [6, 6.07) is 10.3. The summed E-state index contributed by atoms with van der Waals surface area (Å²) < 4.78 is 54.5. The lowest BCUT2D eigenvalue weighted by Gasteiger charge is -2.26.